The highest BCUT2D eigenvalue weighted by molar-refractivity contribution is 7.89. The number of nitrogens with two attached hydrogens (primary N) is 1. The Morgan fingerprint density at radius 3 is 2.42 bits per heavy atom. The van der Waals surface area contributed by atoms with Crippen LogP contribution in [0.2, 0.25) is 0 Å². The number of anilines is 1. The van der Waals surface area contributed by atoms with Gasteiger partial charge in [0, 0.05) is 23.2 Å². The fourth-order valence-corrected chi connectivity index (χ4v) is 2.90. The lowest BCUT2D eigenvalue weighted by Gasteiger charge is -2.08. The van der Waals surface area contributed by atoms with Crippen LogP contribution < -0.4 is 20.8 Å². The van der Waals surface area contributed by atoms with E-state index in [-0.39, 0.29) is 16.0 Å². The third-order valence-corrected chi connectivity index (χ3v) is 4.57. The first-order valence-electron chi connectivity index (χ1n) is 7.34. The molecule has 8 nitrogen and oxygen atoms in total. The number of amides is 1. The molecule has 1 heterocycles. The fraction of sp³-hybridized carbons (Fsp3) is 0.0588. The molecule has 0 atom stereocenters. The van der Waals surface area contributed by atoms with Crippen molar-refractivity contribution < 1.29 is 22.4 Å². The number of methoxy groups -OCH3 is 1. The van der Waals surface area contributed by atoms with Gasteiger partial charge in [-0.1, -0.05) is 0 Å². The molecule has 0 unspecified atom stereocenters. The summed E-state index contributed by atoms with van der Waals surface area (Å²) >= 11 is 0. The Morgan fingerprint density at radius 2 is 1.81 bits per heavy atom. The number of nitrogens with one attached hydrogen (secondary N) is 1. The van der Waals surface area contributed by atoms with Crippen molar-refractivity contribution in [1.29, 1.82) is 0 Å². The predicted molar refractivity (Wildman–Crippen MR) is 94.8 cm³/mol. The van der Waals surface area contributed by atoms with Gasteiger partial charge in [0.2, 0.25) is 10.0 Å². The number of carbonyl (C=O) groups excluding carboxylic acids is 1. The van der Waals surface area contributed by atoms with Crippen molar-refractivity contribution in [2.45, 2.75) is 4.90 Å². The van der Waals surface area contributed by atoms with Crippen molar-refractivity contribution in [2.75, 3.05) is 12.4 Å². The predicted octanol–water partition coefficient (Wildman–Crippen LogP) is 1.70. The largest absolute Gasteiger partial charge is 0.497 e. The van der Waals surface area contributed by atoms with Crippen LogP contribution in [0.4, 0.5) is 5.69 Å². The Morgan fingerprint density at radius 1 is 1.12 bits per heavy atom. The lowest BCUT2D eigenvalue weighted by molar-refractivity contribution is 0.102. The second-order valence-electron chi connectivity index (χ2n) is 5.36. The Kier molecular flexibility index (Phi) is 4.49. The molecule has 0 spiro atoms. The van der Waals surface area contributed by atoms with Gasteiger partial charge in [-0.2, -0.15) is 0 Å². The molecule has 0 fully saturated rings. The zero-order chi connectivity index (χ0) is 18.9. The average molecular weight is 374 g/mol. The summed E-state index contributed by atoms with van der Waals surface area (Å²) in [7, 11) is -2.35. The Bertz CT molecular complexity index is 1150. The second kappa shape index (κ2) is 6.62. The van der Waals surface area contributed by atoms with Crippen LogP contribution in [0.3, 0.4) is 0 Å². The van der Waals surface area contributed by atoms with Crippen molar-refractivity contribution in [3.8, 4) is 5.75 Å². The van der Waals surface area contributed by atoms with Crippen molar-refractivity contribution in [3.05, 3.63) is 64.5 Å². The van der Waals surface area contributed by atoms with Crippen LogP contribution in [-0.4, -0.2) is 21.4 Å². The number of hydrogen-bond acceptors (Lipinski definition) is 6. The fourth-order valence-electron chi connectivity index (χ4n) is 2.38. The molecular formula is C17H14N2O6S. The summed E-state index contributed by atoms with van der Waals surface area (Å²) in [6.07, 6.45) is 0. The topological polar surface area (TPSA) is 129 Å². The van der Waals surface area contributed by atoms with Gasteiger partial charge in [0.1, 0.15) is 11.3 Å². The number of rotatable bonds is 4. The first-order chi connectivity index (χ1) is 12.3. The summed E-state index contributed by atoms with van der Waals surface area (Å²) in [6, 6.07) is 11.2. The van der Waals surface area contributed by atoms with Crippen LogP contribution in [0.1, 0.15) is 10.4 Å². The minimum atomic E-state index is -3.82. The molecular weight excluding hydrogens is 360 g/mol. The highest BCUT2D eigenvalue weighted by Crippen LogP contribution is 2.23. The minimum Gasteiger partial charge on any atom is -0.497 e. The highest BCUT2D eigenvalue weighted by Gasteiger charge is 2.15. The molecule has 3 rings (SSSR count). The Balaban J connectivity index is 1.96. The monoisotopic (exact) mass is 374 g/mol. The van der Waals surface area contributed by atoms with Gasteiger partial charge in [0.05, 0.1) is 17.6 Å². The van der Waals surface area contributed by atoms with Crippen molar-refractivity contribution in [2.24, 2.45) is 5.14 Å². The average Bonchev–Trinajstić information content (AvgIpc) is 2.60. The van der Waals surface area contributed by atoms with Gasteiger partial charge in [-0.15, -0.1) is 0 Å². The molecule has 1 aromatic heterocycles. The quantitative estimate of drug-likeness (QED) is 0.669. The van der Waals surface area contributed by atoms with Gasteiger partial charge in [-0.25, -0.2) is 18.4 Å². The maximum atomic E-state index is 12.6. The van der Waals surface area contributed by atoms with Crippen molar-refractivity contribution in [3.63, 3.8) is 0 Å². The number of hydrogen-bond donors (Lipinski definition) is 2. The van der Waals surface area contributed by atoms with E-state index in [9.17, 15) is 18.0 Å². The smallest absolute Gasteiger partial charge is 0.337 e. The van der Waals surface area contributed by atoms with E-state index < -0.39 is 21.6 Å². The molecule has 0 saturated carbocycles. The number of primary sulfonamides is 1. The van der Waals surface area contributed by atoms with E-state index in [4.69, 9.17) is 14.3 Å². The van der Waals surface area contributed by atoms with Crippen LogP contribution in [0.5, 0.6) is 5.75 Å². The first kappa shape index (κ1) is 17.6. The SMILES string of the molecule is COc1ccc2c(C(=O)Nc3ccc(S(N)(=O)=O)cc3)cc(=O)oc2c1. The minimum absolute atomic E-state index is 0.0756. The van der Waals surface area contributed by atoms with Crippen molar-refractivity contribution in [1.82, 2.24) is 0 Å². The zero-order valence-corrected chi connectivity index (χ0v) is 14.4. The van der Waals surface area contributed by atoms with Crippen LogP contribution in [-0.2, 0) is 10.0 Å². The molecule has 2 aromatic carbocycles. The molecule has 3 aromatic rings. The van der Waals surface area contributed by atoms with Crippen molar-refractivity contribution >= 4 is 32.6 Å². The summed E-state index contributed by atoms with van der Waals surface area (Å²) in [5, 5.41) is 8.06. The molecule has 1 amide bonds. The van der Waals surface area contributed by atoms with Gasteiger partial charge >= 0.3 is 5.63 Å². The third-order valence-electron chi connectivity index (χ3n) is 3.64. The van der Waals surface area contributed by atoms with E-state index in [1.165, 1.54) is 37.4 Å². The highest BCUT2D eigenvalue weighted by atomic mass is 32.2. The Hall–Kier alpha value is -3.17. The van der Waals surface area contributed by atoms with Gasteiger partial charge in [0.15, 0.2) is 0 Å². The van der Waals surface area contributed by atoms with E-state index in [1.807, 2.05) is 0 Å². The van der Waals surface area contributed by atoms with Gasteiger partial charge in [0.25, 0.3) is 5.91 Å². The van der Waals surface area contributed by atoms with Gasteiger partial charge in [-0.05, 0) is 36.4 Å². The molecule has 0 aliphatic rings. The van der Waals surface area contributed by atoms with Crippen LogP contribution >= 0.6 is 0 Å². The van der Waals surface area contributed by atoms with E-state index in [0.717, 1.165) is 6.07 Å². The number of sulfonamides is 1. The molecule has 3 N–H and O–H groups in total. The van der Waals surface area contributed by atoms with Crippen LogP contribution in [0.15, 0.2) is 62.6 Å². The van der Waals surface area contributed by atoms with Gasteiger partial charge < -0.3 is 14.5 Å². The van der Waals surface area contributed by atoms with E-state index in [2.05, 4.69) is 5.32 Å². The lowest BCUT2D eigenvalue weighted by atomic mass is 10.1. The molecule has 0 bridgehead atoms. The number of ether oxygens (including phenoxy) is 1. The van der Waals surface area contributed by atoms with Crippen LogP contribution in [0.25, 0.3) is 11.0 Å². The summed E-state index contributed by atoms with van der Waals surface area (Å²) in [5.41, 5.74) is -0.00113. The maximum absolute atomic E-state index is 12.6. The second-order valence-corrected chi connectivity index (χ2v) is 6.93. The molecule has 0 radical (unpaired) electrons. The van der Waals surface area contributed by atoms with E-state index in [1.54, 1.807) is 12.1 Å². The normalized spacial score (nSPS) is 11.3. The lowest BCUT2D eigenvalue weighted by Crippen LogP contribution is -2.16. The molecule has 0 aliphatic carbocycles. The van der Waals surface area contributed by atoms with E-state index >= 15 is 0 Å². The number of carbonyl (C=O) groups is 1. The maximum Gasteiger partial charge on any atom is 0.337 e. The summed E-state index contributed by atoms with van der Waals surface area (Å²) in [5.74, 6) is -0.0618. The Labute approximate surface area is 148 Å². The summed E-state index contributed by atoms with van der Waals surface area (Å²) in [4.78, 5) is 24.2. The van der Waals surface area contributed by atoms with Gasteiger partial charge in [-0.3, -0.25) is 4.79 Å². The van der Waals surface area contributed by atoms with E-state index in [0.29, 0.717) is 16.8 Å². The molecule has 0 aliphatic heterocycles. The molecule has 0 saturated heterocycles. The number of benzene rings is 2. The summed E-state index contributed by atoms with van der Waals surface area (Å²) < 4.78 is 32.7. The molecule has 26 heavy (non-hydrogen) atoms. The zero-order valence-electron chi connectivity index (χ0n) is 13.6. The molecule has 9 heteroatoms. The van der Waals surface area contributed by atoms with Crippen LogP contribution in [0, 0.1) is 0 Å². The third kappa shape index (κ3) is 3.58. The standard InChI is InChI=1S/C17H14N2O6S/c1-24-11-4-7-13-14(9-16(20)25-15(13)8-11)17(21)19-10-2-5-12(6-3-10)26(18,22)23/h2-9H,1H3,(H,19,21)(H2,18,22,23). The first-order valence-corrected chi connectivity index (χ1v) is 8.89. The summed E-state index contributed by atoms with van der Waals surface area (Å²) in [6.45, 7) is 0. The molecule has 134 valence electrons. The number of fused-ring (bicyclic) bond motifs is 1.